The summed E-state index contributed by atoms with van der Waals surface area (Å²) in [4.78, 5) is 14.9. The van der Waals surface area contributed by atoms with Crippen molar-refractivity contribution in [3.8, 4) is 23.0 Å². The van der Waals surface area contributed by atoms with Crippen LogP contribution in [0.5, 0.6) is 23.0 Å². The lowest BCUT2D eigenvalue weighted by Crippen LogP contribution is -2.11. The summed E-state index contributed by atoms with van der Waals surface area (Å²) in [7, 11) is 10.1. The van der Waals surface area contributed by atoms with E-state index >= 15 is 0 Å². The Labute approximate surface area is 166 Å². The van der Waals surface area contributed by atoms with Gasteiger partial charge in [0.1, 0.15) is 5.75 Å². The highest BCUT2D eigenvalue weighted by atomic mass is 16.5. The first-order chi connectivity index (χ1) is 13.4. The number of carbonyl (C=O) groups is 1. The zero-order valence-electron chi connectivity index (χ0n) is 17.5. The molecule has 0 bridgehead atoms. The number of allylic oxidation sites excluding steroid dienone is 1. The van der Waals surface area contributed by atoms with Gasteiger partial charge < -0.3 is 23.8 Å². The number of ketones is 1. The average Bonchev–Trinajstić information content (AvgIpc) is 2.71. The minimum Gasteiger partial charge on any atom is -0.495 e. The van der Waals surface area contributed by atoms with E-state index in [1.54, 1.807) is 59.6 Å². The fourth-order valence-corrected chi connectivity index (χ4v) is 2.95. The van der Waals surface area contributed by atoms with Gasteiger partial charge in [0, 0.05) is 25.2 Å². The van der Waals surface area contributed by atoms with Crippen molar-refractivity contribution in [1.29, 1.82) is 0 Å². The zero-order valence-corrected chi connectivity index (χ0v) is 17.5. The number of rotatable bonds is 8. The number of nitrogens with zero attached hydrogens (tertiary/aromatic N) is 1. The molecule has 0 aromatic heterocycles. The minimum atomic E-state index is -0.0809. The van der Waals surface area contributed by atoms with E-state index in [-0.39, 0.29) is 5.78 Å². The van der Waals surface area contributed by atoms with Crippen LogP contribution in [-0.4, -0.2) is 48.3 Å². The van der Waals surface area contributed by atoms with Gasteiger partial charge in [-0.1, -0.05) is 0 Å². The Hall–Kier alpha value is -3.15. The van der Waals surface area contributed by atoms with E-state index in [2.05, 4.69) is 0 Å². The summed E-state index contributed by atoms with van der Waals surface area (Å²) in [6.07, 6.45) is 1.78. The van der Waals surface area contributed by atoms with Crippen molar-refractivity contribution in [3.63, 3.8) is 0 Å². The number of hydrogen-bond donors (Lipinski definition) is 0. The molecule has 0 saturated carbocycles. The molecule has 6 heteroatoms. The van der Waals surface area contributed by atoms with Crippen molar-refractivity contribution in [2.45, 2.75) is 6.92 Å². The van der Waals surface area contributed by atoms with Gasteiger partial charge in [-0.25, -0.2) is 0 Å². The summed E-state index contributed by atoms with van der Waals surface area (Å²) in [5, 5.41) is 0. The third kappa shape index (κ3) is 4.22. The second kappa shape index (κ2) is 9.17. The van der Waals surface area contributed by atoms with Crippen molar-refractivity contribution in [1.82, 2.24) is 0 Å². The van der Waals surface area contributed by atoms with Crippen molar-refractivity contribution in [3.05, 3.63) is 47.0 Å². The number of carbonyl (C=O) groups excluding carboxylic acids is 1. The quantitative estimate of drug-likeness (QED) is 0.504. The smallest absolute Gasteiger partial charge is 0.203 e. The van der Waals surface area contributed by atoms with E-state index in [4.69, 9.17) is 18.9 Å². The van der Waals surface area contributed by atoms with E-state index in [1.807, 2.05) is 31.1 Å². The summed E-state index contributed by atoms with van der Waals surface area (Å²) < 4.78 is 21.6. The van der Waals surface area contributed by atoms with Gasteiger partial charge in [-0.2, -0.15) is 0 Å². The third-order valence-electron chi connectivity index (χ3n) is 4.39. The second-order valence-corrected chi connectivity index (χ2v) is 6.36. The molecule has 0 saturated heterocycles. The molecular weight excluding hydrogens is 358 g/mol. The van der Waals surface area contributed by atoms with E-state index in [0.717, 1.165) is 11.3 Å². The zero-order chi connectivity index (χ0) is 20.8. The van der Waals surface area contributed by atoms with Gasteiger partial charge in [0.05, 0.1) is 34.1 Å². The maximum Gasteiger partial charge on any atom is 0.203 e. The highest BCUT2D eigenvalue weighted by Crippen LogP contribution is 2.40. The van der Waals surface area contributed by atoms with Crippen LogP contribution in [0.1, 0.15) is 22.8 Å². The molecule has 0 aliphatic rings. The van der Waals surface area contributed by atoms with Gasteiger partial charge in [-0.05, 0) is 48.9 Å². The number of anilines is 1. The SMILES string of the molecule is COc1ccc(C(=O)/C(C)=C/c2ccc(OC)c(OC)c2OC)cc1N(C)C. The van der Waals surface area contributed by atoms with Crippen LogP contribution in [0.15, 0.2) is 35.9 Å². The number of Topliss-reactive ketones (excluding diaryl/α,β-unsaturated/α-hetero) is 1. The molecule has 2 aromatic rings. The fourth-order valence-electron chi connectivity index (χ4n) is 2.95. The van der Waals surface area contributed by atoms with E-state index in [9.17, 15) is 4.79 Å². The predicted molar refractivity (Wildman–Crippen MR) is 111 cm³/mol. The Kier molecular flexibility index (Phi) is 6.93. The Balaban J connectivity index is 2.46. The molecule has 0 spiro atoms. The van der Waals surface area contributed by atoms with Gasteiger partial charge >= 0.3 is 0 Å². The molecule has 0 N–H and O–H groups in total. The number of hydrogen-bond acceptors (Lipinski definition) is 6. The Morgan fingerprint density at radius 1 is 0.857 bits per heavy atom. The Morgan fingerprint density at radius 2 is 1.46 bits per heavy atom. The van der Waals surface area contributed by atoms with Crippen LogP contribution in [0.3, 0.4) is 0 Å². The van der Waals surface area contributed by atoms with Gasteiger partial charge in [0.2, 0.25) is 5.75 Å². The second-order valence-electron chi connectivity index (χ2n) is 6.36. The standard InChI is InChI=1S/C22H27NO5/c1-14(12-16-9-11-19(26-5)22(28-7)21(16)27-6)20(24)15-8-10-18(25-4)17(13-15)23(2)3/h8-13H,1-7H3/b14-12+. The Morgan fingerprint density at radius 3 is 2.00 bits per heavy atom. The molecule has 0 amide bonds. The van der Waals surface area contributed by atoms with Crippen LogP contribution in [0, 0.1) is 0 Å². The maximum atomic E-state index is 13.0. The van der Waals surface area contributed by atoms with Crippen LogP contribution < -0.4 is 23.8 Å². The highest BCUT2D eigenvalue weighted by Gasteiger charge is 2.17. The molecule has 0 unspecified atom stereocenters. The molecular formula is C22H27NO5. The predicted octanol–water partition coefficient (Wildman–Crippen LogP) is 4.07. The van der Waals surface area contributed by atoms with Crippen molar-refractivity contribution in [2.75, 3.05) is 47.4 Å². The van der Waals surface area contributed by atoms with E-state index in [1.165, 1.54) is 0 Å². The van der Waals surface area contributed by atoms with Crippen LogP contribution in [0.25, 0.3) is 6.08 Å². The lowest BCUT2D eigenvalue weighted by atomic mass is 10.0. The lowest BCUT2D eigenvalue weighted by Gasteiger charge is -2.17. The number of ether oxygens (including phenoxy) is 4. The first-order valence-electron chi connectivity index (χ1n) is 8.75. The molecule has 28 heavy (non-hydrogen) atoms. The highest BCUT2D eigenvalue weighted by molar-refractivity contribution is 6.11. The van der Waals surface area contributed by atoms with Crippen molar-refractivity contribution in [2.24, 2.45) is 0 Å². The molecule has 0 fully saturated rings. The minimum absolute atomic E-state index is 0.0809. The number of benzene rings is 2. The van der Waals surface area contributed by atoms with Crippen LogP contribution in [0.2, 0.25) is 0 Å². The summed E-state index contributed by atoms with van der Waals surface area (Å²) in [5.74, 6) is 2.19. The Bertz CT molecular complexity index is 887. The van der Waals surface area contributed by atoms with Crippen molar-refractivity contribution >= 4 is 17.5 Å². The lowest BCUT2D eigenvalue weighted by molar-refractivity contribution is 0.103. The molecule has 0 aliphatic carbocycles. The molecule has 150 valence electrons. The van der Waals surface area contributed by atoms with Gasteiger partial charge in [0.25, 0.3) is 0 Å². The molecule has 2 aromatic carbocycles. The average molecular weight is 385 g/mol. The van der Waals surface area contributed by atoms with Crippen molar-refractivity contribution < 1.29 is 23.7 Å². The van der Waals surface area contributed by atoms with E-state index < -0.39 is 0 Å². The summed E-state index contributed by atoms with van der Waals surface area (Å²) in [6.45, 7) is 1.78. The summed E-state index contributed by atoms with van der Waals surface area (Å²) in [6, 6.07) is 8.99. The monoisotopic (exact) mass is 385 g/mol. The fraction of sp³-hybridized carbons (Fsp3) is 0.318. The van der Waals surface area contributed by atoms with E-state index in [0.29, 0.717) is 34.1 Å². The molecule has 0 radical (unpaired) electrons. The summed E-state index contributed by atoms with van der Waals surface area (Å²) in [5.41, 5.74) is 2.72. The molecule has 6 nitrogen and oxygen atoms in total. The first-order valence-corrected chi connectivity index (χ1v) is 8.75. The third-order valence-corrected chi connectivity index (χ3v) is 4.39. The van der Waals surface area contributed by atoms with Crippen LogP contribution in [-0.2, 0) is 0 Å². The van der Waals surface area contributed by atoms with Gasteiger partial charge in [-0.15, -0.1) is 0 Å². The molecule has 0 heterocycles. The number of methoxy groups -OCH3 is 4. The topological polar surface area (TPSA) is 57.2 Å². The van der Waals surface area contributed by atoms with Gasteiger partial charge in [0.15, 0.2) is 17.3 Å². The first kappa shape index (κ1) is 21.2. The summed E-state index contributed by atoms with van der Waals surface area (Å²) >= 11 is 0. The molecule has 0 atom stereocenters. The van der Waals surface area contributed by atoms with Crippen LogP contribution in [0.4, 0.5) is 5.69 Å². The normalized spacial score (nSPS) is 11.0. The molecule has 2 rings (SSSR count). The largest absolute Gasteiger partial charge is 0.495 e. The maximum absolute atomic E-state index is 13.0. The molecule has 0 aliphatic heterocycles. The van der Waals surface area contributed by atoms with Gasteiger partial charge in [-0.3, -0.25) is 4.79 Å². The van der Waals surface area contributed by atoms with Crippen LogP contribution >= 0.6 is 0 Å².